The number of hydrogen-bond donors (Lipinski definition) is 1. The van der Waals surface area contributed by atoms with Gasteiger partial charge in [-0.05, 0) is 38.0 Å². The maximum atomic E-state index is 11.5. The summed E-state index contributed by atoms with van der Waals surface area (Å²) < 4.78 is 0. The first kappa shape index (κ1) is 20.1. The number of carboxylic acid groups (broad SMARTS) is 1. The highest BCUT2D eigenvalue weighted by molar-refractivity contribution is 5.87. The molecule has 6 nitrogen and oxygen atoms in total. The minimum atomic E-state index is -1.02. The van der Waals surface area contributed by atoms with E-state index in [1.54, 1.807) is 25.1 Å². The lowest BCUT2D eigenvalue weighted by Crippen LogP contribution is -2.33. The van der Waals surface area contributed by atoms with Gasteiger partial charge in [0.1, 0.15) is 12.1 Å². The van der Waals surface area contributed by atoms with Crippen LogP contribution in [-0.2, 0) is 4.79 Å². The average molecular weight is 341 g/mol. The van der Waals surface area contributed by atoms with Gasteiger partial charge in [0.25, 0.3) is 0 Å². The van der Waals surface area contributed by atoms with E-state index in [1.165, 1.54) is 12.3 Å². The first-order chi connectivity index (χ1) is 12.0. The van der Waals surface area contributed by atoms with Crippen molar-refractivity contribution in [2.75, 3.05) is 18.0 Å². The van der Waals surface area contributed by atoms with Gasteiger partial charge in [0, 0.05) is 30.8 Å². The first-order valence-electron chi connectivity index (χ1n) is 8.11. The van der Waals surface area contributed by atoms with Gasteiger partial charge in [-0.15, -0.1) is 0 Å². The highest BCUT2D eigenvalue weighted by Crippen LogP contribution is 2.18. The Morgan fingerprint density at radius 3 is 2.64 bits per heavy atom. The molecule has 0 spiro atoms. The molecule has 132 valence electrons. The van der Waals surface area contributed by atoms with Crippen LogP contribution in [0.15, 0.2) is 42.1 Å². The van der Waals surface area contributed by atoms with Crippen LogP contribution in [0.5, 0.6) is 0 Å². The molecule has 0 radical (unpaired) electrons. The van der Waals surface area contributed by atoms with Gasteiger partial charge < -0.3 is 14.8 Å². The zero-order valence-corrected chi connectivity index (χ0v) is 14.7. The maximum Gasteiger partial charge on any atom is 0.337 e. The van der Waals surface area contributed by atoms with Crippen molar-refractivity contribution in [3.8, 4) is 6.07 Å². The number of rotatable bonds is 9. The monoisotopic (exact) mass is 341 g/mol. The summed E-state index contributed by atoms with van der Waals surface area (Å²) in [6.45, 7) is 6.76. The SMILES string of the molecule is C/C=C(C#N)\C=C/C(C)C(C=O)CN(CC)c1ccc(C(=O)O)cn1. The molecule has 2 atom stereocenters. The maximum absolute atomic E-state index is 11.5. The second-order valence-corrected chi connectivity index (χ2v) is 5.62. The molecule has 0 aliphatic carbocycles. The summed E-state index contributed by atoms with van der Waals surface area (Å²) in [7, 11) is 0. The van der Waals surface area contributed by atoms with Crippen molar-refractivity contribution in [3.63, 3.8) is 0 Å². The smallest absolute Gasteiger partial charge is 0.337 e. The molecule has 0 fully saturated rings. The van der Waals surface area contributed by atoms with E-state index in [2.05, 4.69) is 11.1 Å². The fourth-order valence-electron chi connectivity index (χ4n) is 2.27. The number of hydrogen-bond acceptors (Lipinski definition) is 5. The molecule has 1 heterocycles. The van der Waals surface area contributed by atoms with Crippen molar-refractivity contribution in [3.05, 3.63) is 47.7 Å². The largest absolute Gasteiger partial charge is 0.478 e. The number of carbonyl (C=O) groups excluding carboxylic acids is 1. The second-order valence-electron chi connectivity index (χ2n) is 5.62. The summed E-state index contributed by atoms with van der Waals surface area (Å²) in [5.74, 6) is -0.715. The molecule has 0 aliphatic heterocycles. The average Bonchev–Trinajstić information content (AvgIpc) is 2.63. The Morgan fingerprint density at radius 1 is 1.48 bits per heavy atom. The van der Waals surface area contributed by atoms with E-state index in [4.69, 9.17) is 10.4 Å². The molecule has 0 amide bonds. The number of aromatic carboxylic acids is 1. The number of aromatic nitrogens is 1. The lowest BCUT2D eigenvalue weighted by molar-refractivity contribution is -0.111. The van der Waals surface area contributed by atoms with E-state index in [0.717, 1.165) is 6.29 Å². The van der Waals surface area contributed by atoms with E-state index < -0.39 is 5.97 Å². The standard InChI is InChI=1S/C19H23N3O3/c1-4-15(10-20)7-6-14(3)17(13-23)12-22(5-2)18-9-8-16(11-21-18)19(24)25/h4,6-9,11,13-14,17H,5,12H2,1-3H3,(H,24,25)/b7-6-,15-4+. The number of aldehydes is 1. The fraction of sp³-hybridized carbons (Fsp3) is 0.368. The molecular weight excluding hydrogens is 318 g/mol. The normalized spacial score (nSPS) is 13.9. The van der Waals surface area contributed by atoms with Crippen LogP contribution in [0.2, 0.25) is 0 Å². The molecule has 1 rings (SSSR count). The van der Waals surface area contributed by atoms with Gasteiger partial charge in [-0.25, -0.2) is 9.78 Å². The zero-order chi connectivity index (χ0) is 18.8. The Hall–Kier alpha value is -2.94. The van der Waals surface area contributed by atoms with Crippen LogP contribution in [0.25, 0.3) is 0 Å². The Bertz CT molecular complexity index is 687. The lowest BCUT2D eigenvalue weighted by atomic mass is 9.93. The number of nitrogens with zero attached hydrogens (tertiary/aromatic N) is 3. The van der Waals surface area contributed by atoms with Crippen molar-refractivity contribution in [2.45, 2.75) is 20.8 Å². The lowest BCUT2D eigenvalue weighted by Gasteiger charge is -2.27. The van der Waals surface area contributed by atoms with E-state index in [-0.39, 0.29) is 17.4 Å². The minimum absolute atomic E-state index is 0.0480. The summed E-state index contributed by atoms with van der Waals surface area (Å²) in [5, 5.41) is 17.9. The summed E-state index contributed by atoms with van der Waals surface area (Å²) >= 11 is 0. The summed E-state index contributed by atoms with van der Waals surface area (Å²) in [5.41, 5.74) is 0.674. The van der Waals surface area contributed by atoms with Gasteiger partial charge in [-0.1, -0.05) is 19.1 Å². The van der Waals surface area contributed by atoms with E-state index in [9.17, 15) is 9.59 Å². The number of anilines is 1. The van der Waals surface area contributed by atoms with Crippen LogP contribution in [-0.4, -0.2) is 35.4 Å². The number of nitriles is 1. The van der Waals surface area contributed by atoms with E-state index in [1.807, 2.05) is 24.8 Å². The predicted molar refractivity (Wildman–Crippen MR) is 96.3 cm³/mol. The van der Waals surface area contributed by atoms with Crippen LogP contribution in [0, 0.1) is 23.2 Å². The molecule has 1 aromatic heterocycles. The predicted octanol–water partition coefficient (Wildman–Crippen LogP) is 3.08. The second kappa shape index (κ2) is 10.0. The summed E-state index contributed by atoms with van der Waals surface area (Å²) in [6, 6.07) is 5.21. The van der Waals surface area contributed by atoms with Crippen LogP contribution in [0.4, 0.5) is 5.82 Å². The number of carboxylic acids is 1. The van der Waals surface area contributed by atoms with Crippen molar-refractivity contribution in [1.29, 1.82) is 5.26 Å². The van der Waals surface area contributed by atoms with E-state index in [0.29, 0.717) is 24.5 Å². The van der Waals surface area contributed by atoms with Gasteiger partial charge in [0.15, 0.2) is 0 Å². The molecule has 0 bridgehead atoms. The number of pyridine rings is 1. The van der Waals surface area contributed by atoms with E-state index >= 15 is 0 Å². The third-order valence-electron chi connectivity index (χ3n) is 4.00. The molecule has 1 aromatic rings. The molecular formula is C19H23N3O3. The first-order valence-corrected chi connectivity index (χ1v) is 8.11. The van der Waals surface area contributed by atoms with Gasteiger partial charge in [0.05, 0.1) is 11.6 Å². The van der Waals surface area contributed by atoms with Crippen molar-refractivity contribution >= 4 is 18.1 Å². The molecule has 6 heteroatoms. The fourth-order valence-corrected chi connectivity index (χ4v) is 2.27. The van der Waals surface area contributed by atoms with Gasteiger partial charge in [-0.2, -0.15) is 5.26 Å². The van der Waals surface area contributed by atoms with Crippen molar-refractivity contribution in [2.24, 2.45) is 11.8 Å². The highest BCUT2D eigenvalue weighted by Gasteiger charge is 2.19. The third kappa shape index (κ3) is 5.88. The third-order valence-corrected chi connectivity index (χ3v) is 4.00. The van der Waals surface area contributed by atoms with Gasteiger partial charge in [0.2, 0.25) is 0 Å². The molecule has 0 aromatic carbocycles. The van der Waals surface area contributed by atoms with Gasteiger partial charge in [-0.3, -0.25) is 0 Å². The number of carbonyl (C=O) groups is 2. The molecule has 25 heavy (non-hydrogen) atoms. The Kier molecular flexibility index (Phi) is 8.07. The van der Waals surface area contributed by atoms with Crippen LogP contribution in [0.3, 0.4) is 0 Å². The minimum Gasteiger partial charge on any atom is -0.478 e. The summed E-state index contributed by atoms with van der Waals surface area (Å²) in [4.78, 5) is 28.5. The topological polar surface area (TPSA) is 94.3 Å². The van der Waals surface area contributed by atoms with Crippen molar-refractivity contribution < 1.29 is 14.7 Å². The van der Waals surface area contributed by atoms with Crippen LogP contribution in [0.1, 0.15) is 31.1 Å². The zero-order valence-electron chi connectivity index (χ0n) is 14.7. The van der Waals surface area contributed by atoms with Crippen LogP contribution < -0.4 is 4.90 Å². The highest BCUT2D eigenvalue weighted by atomic mass is 16.4. The summed E-state index contributed by atoms with van der Waals surface area (Å²) in [6.07, 6.45) is 7.50. The molecule has 1 N–H and O–H groups in total. The quantitative estimate of drug-likeness (QED) is 0.421. The Labute approximate surface area is 148 Å². The number of allylic oxidation sites excluding steroid dienone is 4. The molecule has 2 unspecified atom stereocenters. The Balaban J connectivity index is 2.87. The van der Waals surface area contributed by atoms with Crippen LogP contribution >= 0.6 is 0 Å². The Morgan fingerprint density at radius 2 is 2.20 bits per heavy atom. The van der Waals surface area contributed by atoms with Gasteiger partial charge >= 0.3 is 5.97 Å². The molecule has 0 aliphatic rings. The van der Waals surface area contributed by atoms with Crippen molar-refractivity contribution in [1.82, 2.24) is 4.98 Å². The molecule has 0 saturated heterocycles. The molecule has 0 saturated carbocycles.